The van der Waals surface area contributed by atoms with E-state index in [9.17, 15) is 21.4 Å². The monoisotopic (exact) mass is 288 g/mol. The predicted octanol–water partition coefficient (Wildman–Crippen LogP) is -0.653. The smallest absolute Gasteiger partial charge is 0.243 e. The Bertz CT molecular complexity index is 409. The van der Waals surface area contributed by atoms with Gasteiger partial charge in [0.25, 0.3) is 0 Å². The maximum absolute atomic E-state index is 10.9. The van der Waals surface area contributed by atoms with Gasteiger partial charge in [0, 0.05) is 12.6 Å². The summed E-state index contributed by atoms with van der Waals surface area (Å²) in [6.07, 6.45) is 1.88. The van der Waals surface area contributed by atoms with Crippen LogP contribution in [0, 0.1) is 0 Å². The van der Waals surface area contributed by atoms with Gasteiger partial charge in [-0.2, -0.15) is 11.8 Å². The average molecular weight is 288 g/mol. The van der Waals surface area contributed by atoms with E-state index < -0.39 is 23.8 Å². The van der Waals surface area contributed by atoms with Crippen LogP contribution >= 0.6 is 11.8 Å². The molecule has 1 aliphatic rings. The van der Waals surface area contributed by atoms with Crippen LogP contribution in [0.3, 0.4) is 0 Å². The van der Waals surface area contributed by atoms with Crippen LogP contribution < -0.4 is 5.32 Å². The summed E-state index contributed by atoms with van der Waals surface area (Å²) in [6.45, 7) is 0.0130. The molecule has 0 radical (unpaired) electrons. The molecule has 9 heteroatoms. The highest BCUT2D eigenvalue weighted by Gasteiger charge is 2.20. The van der Waals surface area contributed by atoms with Crippen LogP contribution in [0.4, 0.5) is 0 Å². The minimum atomic E-state index is -5.23. The van der Waals surface area contributed by atoms with Crippen molar-refractivity contribution in [2.75, 3.05) is 23.8 Å². The Hall–Kier alpha value is 0.170. The van der Waals surface area contributed by atoms with Crippen LogP contribution in [0.5, 0.6) is 0 Å². The summed E-state index contributed by atoms with van der Waals surface area (Å²) < 4.78 is 53.0. The van der Waals surface area contributed by atoms with Crippen molar-refractivity contribution < 1.29 is 21.4 Å². The van der Waals surface area contributed by atoms with Gasteiger partial charge in [-0.05, 0) is 24.3 Å². The minimum absolute atomic E-state index is 0.0130. The van der Waals surface area contributed by atoms with Gasteiger partial charge in [0.1, 0.15) is 0 Å². The second-order valence-corrected chi connectivity index (χ2v) is 9.82. The Balaban J connectivity index is 2.35. The van der Waals surface area contributed by atoms with E-state index in [-0.39, 0.29) is 12.6 Å². The Labute approximate surface area is 99.3 Å². The van der Waals surface area contributed by atoms with Crippen molar-refractivity contribution in [2.24, 2.45) is 0 Å². The number of hydrogen-bond acceptors (Lipinski definition) is 7. The van der Waals surface area contributed by atoms with E-state index in [1.165, 1.54) is 0 Å². The number of hydrogen-bond donors (Lipinski definition) is 1. The Morgan fingerprint density at radius 3 is 2.25 bits per heavy atom. The molecule has 0 amide bonds. The Morgan fingerprint density at radius 2 is 1.75 bits per heavy atom. The van der Waals surface area contributed by atoms with Gasteiger partial charge in [0.05, 0.1) is 5.75 Å². The summed E-state index contributed by atoms with van der Waals surface area (Å²) in [5.41, 5.74) is 0. The third kappa shape index (κ3) is 4.21. The SMILES string of the molecule is O=S(=O)([O-])S(=O)(=O)CCNC1CCSCC1. The Morgan fingerprint density at radius 1 is 1.19 bits per heavy atom. The van der Waals surface area contributed by atoms with Crippen molar-refractivity contribution in [3.63, 3.8) is 0 Å². The summed E-state index contributed by atoms with van der Waals surface area (Å²) in [5, 5.41) is 2.95. The maximum atomic E-state index is 10.9. The summed E-state index contributed by atoms with van der Waals surface area (Å²) in [4.78, 5) is 0. The van der Waals surface area contributed by atoms with Gasteiger partial charge in [-0.15, -0.1) is 0 Å². The topological polar surface area (TPSA) is 103 Å². The second-order valence-electron chi connectivity index (χ2n) is 3.51. The molecule has 0 bridgehead atoms. The molecule has 1 heterocycles. The molecule has 1 rings (SSSR count). The lowest BCUT2D eigenvalue weighted by Gasteiger charge is -2.22. The zero-order valence-electron chi connectivity index (χ0n) is 8.59. The van der Waals surface area contributed by atoms with Crippen molar-refractivity contribution in [3.05, 3.63) is 0 Å². The van der Waals surface area contributed by atoms with Gasteiger partial charge in [0.15, 0.2) is 0 Å². The van der Waals surface area contributed by atoms with Crippen molar-refractivity contribution in [2.45, 2.75) is 18.9 Å². The first-order chi connectivity index (χ1) is 7.33. The number of rotatable bonds is 5. The van der Waals surface area contributed by atoms with Gasteiger partial charge in [-0.25, -0.2) is 16.8 Å². The van der Waals surface area contributed by atoms with Crippen LogP contribution in [0.2, 0.25) is 0 Å². The molecule has 0 aromatic carbocycles. The maximum Gasteiger partial charge on any atom is 0.243 e. The van der Waals surface area contributed by atoms with Gasteiger partial charge < -0.3 is 9.87 Å². The molecule has 0 aliphatic carbocycles. The van der Waals surface area contributed by atoms with Crippen molar-refractivity contribution in [1.29, 1.82) is 0 Å². The molecule has 0 saturated carbocycles. The summed E-state index contributed by atoms with van der Waals surface area (Å²) in [5.74, 6) is 1.39. The largest absolute Gasteiger partial charge is 0.736 e. The van der Waals surface area contributed by atoms with E-state index in [2.05, 4.69) is 5.32 Å². The summed E-state index contributed by atoms with van der Waals surface area (Å²) in [7, 11) is -9.78. The third-order valence-electron chi connectivity index (χ3n) is 2.32. The van der Waals surface area contributed by atoms with Gasteiger partial charge in [0.2, 0.25) is 18.0 Å². The van der Waals surface area contributed by atoms with Gasteiger partial charge in [-0.1, -0.05) is 0 Å². The van der Waals surface area contributed by atoms with Gasteiger partial charge >= 0.3 is 0 Å². The van der Waals surface area contributed by atoms with Crippen LogP contribution in [-0.4, -0.2) is 51.2 Å². The molecule has 6 nitrogen and oxygen atoms in total. The fourth-order valence-electron chi connectivity index (χ4n) is 1.39. The molecular formula is C7H14NO5S3-. The Kier molecular flexibility index (Phi) is 5.05. The van der Waals surface area contributed by atoms with E-state index in [0.717, 1.165) is 24.3 Å². The average Bonchev–Trinajstić information content (AvgIpc) is 2.17. The molecule has 0 aromatic heterocycles. The first kappa shape index (κ1) is 14.2. The van der Waals surface area contributed by atoms with E-state index in [4.69, 9.17) is 0 Å². The molecule has 0 unspecified atom stereocenters. The van der Waals surface area contributed by atoms with Crippen LogP contribution in [0.1, 0.15) is 12.8 Å². The lowest BCUT2D eigenvalue weighted by molar-refractivity contribution is 0.471. The standard InChI is InChI=1S/C7H15NO5S3/c9-15(10,16(11,12)13)6-3-8-7-1-4-14-5-2-7/h7-8H,1-6H2,(H,11,12,13)/p-1. The molecular weight excluding hydrogens is 274 g/mol. The molecule has 16 heavy (non-hydrogen) atoms. The molecule has 1 saturated heterocycles. The van der Waals surface area contributed by atoms with Gasteiger partial charge in [-0.3, -0.25) is 0 Å². The lowest BCUT2D eigenvalue weighted by Crippen LogP contribution is -2.36. The normalized spacial score (nSPS) is 19.8. The van der Waals surface area contributed by atoms with Crippen molar-refractivity contribution in [3.8, 4) is 0 Å². The van der Waals surface area contributed by atoms with E-state index in [1.54, 1.807) is 0 Å². The van der Waals surface area contributed by atoms with E-state index >= 15 is 0 Å². The molecule has 1 aliphatic heterocycles. The predicted molar refractivity (Wildman–Crippen MR) is 61.8 cm³/mol. The minimum Gasteiger partial charge on any atom is -0.736 e. The molecule has 1 N–H and O–H groups in total. The highest BCUT2D eigenvalue weighted by atomic mass is 33.2. The van der Waals surface area contributed by atoms with Crippen molar-refractivity contribution in [1.82, 2.24) is 5.32 Å². The lowest BCUT2D eigenvalue weighted by atomic mass is 10.1. The highest BCUT2D eigenvalue weighted by Crippen LogP contribution is 2.16. The first-order valence-corrected chi connectivity index (χ1v) is 9.56. The quantitative estimate of drug-likeness (QED) is 0.529. The fourth-order valence-corrected chi connectivity index (χ4v) is 3.93. The summed E-state index contributed by atoms with van der Waals surface area (Å²) >= 11 is 1.84. The number of nitrogens with one attached hydrogen (secondary N) is 1. The van der Waals surface area contributed by atoms with E-state index in [0.29, 0.717) is 0 Å². The fraction of sp³-hybridized carbons (Fsp3) is 1.00. The zero-order valence-corrected chi connectivity index (χ0v) is 11.0. The highest BCUT2D eigenvalue weighted by molar-refractivity contribution is 8.64. The third-order valence-corrected chi connectivity index (χ3v) is 7.06. The van der Waals surface area contributed by atoms with Crippen molar-refractivity contribution >= 4 is 29.8 Å². The van der Waals surface area contributed by atoms with Crippen LogP contribution in [0.25, 0.3) is 0 Å². The molecule has 0 atom stereocenters. The number of thioether (sulfide) groups is 1. The van der Waals surface area contributed by atoms with Crippen LogP contribution in [-0.2, 0) is 18.0 Å². The molecule has 0 aromatic rings. The molecule has 1 fully saturated rings. The zero-order chi connectivity index (χ0) is 12.2. The van der Waals surface area contributed by atoms with E-state index in [1.807, 2.05) is 11.8 Å². The van der Waals surface area contributed by atoms with Crippen LogP contribution in [0.15, 0.2) is 0 Å². The second kappa shape index (κ2) is 5.67. The molecule has 0 spiro atoms. The molecule has 96 valence electrons. The summed E-state index contributed by atoms with van der Waals surface area (Å²) in [6, 6.07) is 0.228. The first-order valence-electron chi connectivity index (χ1n) is 4.82.